The molecule has 152 valence electrons. The molecule has 0 aromatic heterocycles. The number of aliphatic hydroxyl groups is 1. The van der Waals surface area contributed by atoms with Crippen molar-refractivity contribution >= 4 is 6.03 Å². The van der Waals surface area contributed by atoms with Gasteiger partial charge in [-0.05, 0) is 40.0 Å². The number of benzene rings is 1. The zero-order valence-corrected chi connectivity index (χ0v) is 17.0. The van der Waals surface area contributed by atoms with Crippen molar-refractivity contribution in [2.75, 3.05) is 52.9 Å². The molecule has 0 bridgehead atoms. The van der Waals surface area contributed by atoms with Crippen LogP contribution in [0, 0.1) is 6.92 Å². The fraction of sp³-hybridized carbons (Fsp3) is 0.650. The number of piperazine rings is 1. The van der Waals surface area contributed by atoms with E-state index in [4.69, 9.17) is 4.74 Å². The fourth-order valence-corrected chi connectivity index (χ4v) is 3.05. The molecule has 0 unspecified atom stereocenters. The lowest BCUT2D eigenvalue weighted by Gasteiger charge is -2.38. The molecular formula is C20H34N4O3. The molecule has 0 aliphatic carbocycles. The number of rotatable bonds is 8. The number of nitrogens with zero attached hydrogens (tertiary/aromatic N) is 2. The summed E-state index contributed by atoms with van der Waals surface area (Å²) in [5, 5.41) is 15.7. The molecule has 2 amide bonds. The highest BCUT2D eigenvalue weighted by molar-refractivity contribution is 5.74. The number of ether oxygens (including phenoxy) is 1. The minimum atomic E-state index is -0.766. The number of carbonyl (C=O) groups is 1. The molecule has 1 aromatic carbocycles. The highest BCUT2D eigenvalue weighted by atomic mass is 16.5. The first-order valence-corrected chi connectivity index (χ1v) is 9.58. The van der Waals surface area contributed by atoms with Crippen LogP contribution in [-0.4, -0.2) is 85.5 Å². The number of likely N-dealkylation sites (N-methyl/N-ethyl adjacent to an activating group) is 1. The van der Waals surface area contributed by atoms with Crippen molar-refractivity contribution in [2.24, 2.45) is 0 Å². The van der Waals surface area contributed by atoms with Gasteiger partial charge in [-0.1, -0.05) is 17.7 Å². The van der Waals surface area contributed by atoms with E-state index in [2.05, 4.69) is 27.5 Å². The van der Waals surface area contributed by atoms with E-state index in [1.807, 2.05) is 45.0 Å². The van der Waals surface area contributed by atoms with Crippen LogP contribution < -0.4 is 15.4 Å². The number of aryl methyl sites for hydroxylation is 1. The van der Waals surface area contributed by atoms with E-state index in [0.29, 0.717) is 5.75 Å². The van der Waals surface area contributed by atoms with E-state index >= 15 is 0 Å². The average Bonchev–Trinajstić information content (AvgIpc) is 2.61. The second-order valence-corrected chi connectivity index (χ2v) is 8.08. The van der Waals surface area contributed by atoms with Gasteiger partial charge in [0.25, 0.3) is 0 Å². The average molecular weight is 379 g/mol. The number of carbonyl (C=O) groups excluding carboxylic acids is 1. The van der Waals surface area contributed by atoms with Crippen LogP contribution in [0.3, 0.4) is 0 Å². The molecule has 1 aliphatic rings. The molecule has 1 fully saturated rings. The van der Waals surface area contributed by atoms with Crippen molar-refractivity contribution in [2.45, 2.75) is 32.4 Å². The molecule has 0 radical (unpaired) electrons. The Morgan fingerprint density at radius 1 is 1.22 bits per heavy atom. The zero-order valence-electron chi connectivity index (χ0n) is 17.0. The molecule has 7 nitrogen and oxygen atoms in total. The molecule has 1 saturated heterocycles. The van der Waals surface area contributed by atoms with E-state index in [-0.39, 0.29) is 24.7 Å². The van der Waals surface area contributed by atoms with Gasteiger partial charge in [0.2, 0.25) is 0 Å². The van der Waals surface area contributed by atoms with Gasteiger partial charge in [-0.3, -0.25) is 4.90 Å². The maximum Gasteiger partial charge on any atom is 0.315 e. The third-order valence-corrected chi connectivity index (χ3v) is 4.63. The van der Waals surface area contributed by atoms with Crippen LogP contribution in [0.1, 0.15) is 19.4 Å². The van der Waals surface area contributed by atoms with Crippen molar-refractivity contribution in [3.8, 4) is 5.75 Å². The standard InChI is InChI=1S/C20H34N4O3/c1-16-5-7-18(8-6-16)27-14-17(25)13-21-19(26)22-20(2,3)15-24-11-9-23(4)10-12-24/h5-8,17,25H,9-15H2,1-4H3,(H2,21,22,26)/t17-/m1/s1. The third kappa shape index (κ3) is 8.15. The summed E-state index contributed by atoms with van der Waals surface area (Å²) in [6.45, 7) is 11.2. The number of amides is 2. The lowest BCUT2D eigenvalue weighted by molar-refractivity contribution is 0.106. The van der Waals surface area contributed by atoms with E-state index in [0.717, 1.165) is 38.3 Å². The molecule has 2 rings (SSSR count). The smallest absolute Gasteiger partial charge is 0.315 e. The van der Waals surface area contributed by atoms with Crippen molar-refractivity contribution in [1.82, 2.24) is 20.4 Å². The summed E-state index contributed by atoms with van der Waals surface area (Å²) in [5.41, 5.74) is 0.809. The van der Waals surface area contributed by atoms with Gasteiger partial charge in [0, 0.05) is 44.8 Å². The zero-order chi connectivity index (χ0) is 19.9. The second kappa shape index (κ2) is 9.92. The quantitative estimate of drug-likeness (QED) is 0.631. The molecule has 27 heavy (non-hydrogen) atoms. The molecule has 3 N–H and O–H groups in total. The summed E-state index contributed by atoms with van der Waals surface area (Å²) < 4.78 is 5.53. The third-order valence-electron chi connectivity index (χ3n) is 4.63. The van der Waals surface area contributed by atoms with Crippen molar-refractivity contribution in [3.05, 3.63) is 29.8 Å². The number of nitrogens with one attached hydrogen (secondary N) is 2. The second-order valence-electron chi connectivity index (χ2n) is 8.08. The van der Waals surface area contributed by atoms with Gasteiger partial charge in [0.05, 0.1) is 0 Å². The Morgan fingerprint density at radius 2 is 1.85 bits per heavy atom. The van der Waals surface area contributed by atoms with Crippen LogP contribution in [-0.2, 0) is 0 Å². The van der Waals surface area contributed by atoms with E-state index in [9.17, 15) is 9.90 Å². The summed E-state index contributed by atoms with van der Waals surface area (Å²) in [4.78, 5) is 16.8. The molecule has 0 saturated carbocycles. The monoisotopic (exact) mass is 378 g/mol. The molecule has 1 heterocycles. The summed E-state index contributed by atoms with van der Waals surface area (Å²) in [5.74, 6) is 0.706. The van der Waals surface area contributed by atoms with E-state index < -0.39 is 6.10 Å². The molecule has 1 aliphatic heterocycles. The lowest BCUT2D eigenvalue weighted by atomic mass is 10.0. The summed E-state index contributed by atoms with van der Waals surface area (Å²) in [7, 11) is 2.13. The molecule has 0 spiro atoms. The summed E-state index contributed by atoms with van der Waals surface area (Å²) in [6, 6.07) is 7.36. The molecule has 7 heteroatoms. The van der Waals surface area contributed by atoms with E-state index in [1.54, 1.807) is 0 Å². The van der Waals surface area contributed by atoms with Gasteiger partial charge in [-0.15, -0.1) is 0 Å². The largest absolute Gasteiger partial charge is 0.491 e. The summed E-state index contributed by atoms with van der Waals surface area (Å²) in [6.07, 6.45) is -0.766. The van der Waals surface area contributed by atoms with Crippen LogP contribution >= 0.6 is 0 Å². The molecule has 1 aromatic rings. The highest BCUT2D eigenvalue weighted by Gasteiger charge is 2.25. The topological polar surface area (TPSA) is 77.1 Å². The lowest BCUT2D eigenvalue weighted by Crippen LogP contribution is -2.57. The molecule has 1 atom stereocenters. The number of aliphatic hydroxyl groups excluding tert-OH is 1. The summed E-state index contributed by atoms with van der Waals surface area (Å²) >= 11 is 0. The predicted molar refractivity (Wildman–Crippen MR) is 107 cm³/mol. The van der Waals surface area contributed by atoms with Gasteiger partial charge >= 0.3 is 6.03 Å². The van der Waals surface area contributed by atoms with Crippen molar-refractivity contribution in [3.63, 3.8) is 0 Å². The van der Waals surface area contributed by atoms with Gasteiger partial charge in [0.15, 0.2) is 0 Å². The van der Waals surface area contributed by atoms with Crippen LogP contribution in [0.4, 0.5) is 4.79 Å². The SMILES string of the molecule is Cc1ccc(OC[C@H](O)CNC(=O)NC(C)(C)CN2CCN(C)CC2)cc1. The minimum Gasteiger partial charge on any atom is -0.491 e. The maximum atomic E-state index is 12.2. The Hall–Kier alpha value is -1.83. The Morgan fingerprint density at radius 3 is 2.48 bits per heavy atom. The van der Waals surface area contributed by atoms with Crippen LogP contribution in [0.5, 0.6) is 5.75 Å². The number of hydrogen-bond donors (Lipinski definition) is 3. The first kappa shape index (κ1) is 21.5. The fourth-order valence-electron chi connectivity index (χ4n) is 3.05. The van der Waals surface area contributed by atoms with Crippen LogP contribution in [0.2, 0.25) is 0 Å². The van der Waals surface area contributed by atoms with Crippen molar-refractivity contribution in [1.29, 1.82) is 0 Å². The molecular weight excluding hydrogens is 344 g/mol. The normalized spacial score (nSPS) is 17.4. The Kier molecular flexibility index (Phi) is 7.89. The van der Waals surface area contributed by atoms with Gasteiger partial charge < -0.3 is 25.4 Å². The van der Waals surface area contributed by atoms with E-state index in [1.165, 1.54) is 0 Å². The first-order valence-electron chi connectivity index (χ1n) is 9.58. The number of hydrogen-bond acceptors (Lipinski definition) is 5. The van der Waals surface area contributed by atoms with Crippen LogP contribution in [0.15, 0.2) is 24.3 Å². The predicted octanol–water partition coefficient (Wildman–Crippen LogP) is 1.06. The Balaban J connectivity index is 1.65. The Labute approximate surface area is 162 Å². The highest BCUT2D eigenvalue weighted by Crippen LogP contribution is 2.11. The number of urea groups is 1. The van der Waals surface area contributed by atoms with Gasteiger partial charge in [-0.25, -0.2) is 4.79 Å². The maximum absolute atomic E-state index is 12.2. The van der Waals surface area contributed by atoms with Gasteiger partial charge in [0.1, 0.15) is 18.5 Å². The Bertz CT molecular complexity index is 583. The minimum absolute atomic E-state index is 0.133. The van der Waals surface area contributed by atoms with Gasteiger partial charge in [-0.2, -0.15) is 0 Å². The van der Waals surface area contributed by atoms with Crippen molar-refractivity contribution < 1.29 is 14.6 Å². The van der Waals surface area contributed by atoms with Crippen LogP contribution in [0.25, 0.3) is 0 Å². The first-order chi connectivity index (χ1) is 12.7.